The Balaban J connectivity index is 2.62. The molecule has 0 aliphatic carbocycles. The van der Waals surface area contributed by atoms with Crippen molar-refractivity contribution in [2.75, 3.05) is 12.0 Å². The molecule has 3 N–H and O–H groups in total. The van der Waals surface area contributed by atoms with Crippen LogP contribution in [0.5, 0.6) is 0 Å². The molecule has 0 aliphatic heterocycles. The third-order valence-corrected chi connectivity index (χ3v) is 3.60. The van der Waals surface area contributed by atoms with Gasteiger partial charge in [-0.2, -0.15) is 0 Å². The first-order chi connectivity index (χ1) is 10.8. The molecule has 2 atom stereocenters. The van der Waals surface area contributed by atoms with Crippen molar-refractivity contribution in [1.82, 2.24) is 9.66 Å². The van der Waals surface area contributed by atoms with Crippen LogP contribution in [0.3, 0.4) is 0 Å². The van der Waals surface area contributed by atoms with Gasteiger partial charge in [-0.1, -0.05) is 39.0 Å². The average Bonchev–Trinajstić information content (AvgIpc) is 2.51. The molecule has 1 aromatic carbocycles. The summed E-state index contributed by atoms with van der Waals surface area (Å²) < 4.78 is 1.21. The number of fused-ring (bicyclic) bond motifs is 1. The Hall–Kier alpha value is -2.18. The summed E-state index contributed by atoms with van der Waals surface area (Å²) >= 11 is 0. The zero-order valence-corrected chi connectivity index (χ0v) is 13.7. The van der Waals surface area contributed by atoms with Gasteiger partial charge in [0, 0.05) is 0 Å². The van der Waals surface area contributed by atoms with Crippen LogP contribution < -0.4 is 11.0 Å². The highest BCUT2D eigenvalue weighted by Gasteiger charge is 2.29. The summed E-state index contributed by atoms with van der Waals surface area (Å²) in [5, 5.41) is 20.7. The van der Waals surface area contributed by atoms with Gasteiger partial charge in [0.1, 0.15) is 6.10 Å². The van der Waals surface area contributed by atoms with Gasteiger partial charge >= 0.3 is 0 Å². The van der Waals surface area contributed by atoms with E-state index >= 15 is 0 Å². The van der Waals surface area contributed by atoms with Crippen molar-refractivity contribution in [2.45, 2.75) is 33.0 Å². The number of rotatable bonds is 5. The summed E-state index contributed by atoms with van der Waals surface area (Å²) in [7, 11) is 0. The average molecular weight is 317 g/mol. The minimum Gasteiger partial charge on any atom is -0.387 e. The summed E-state index contributed by atoms with van der Waals surface area (Å²) in [4.78, 5) is 17.2. The molecule has 6 nitrogen and oxygen atoms in total. The molecule has 6 heteroatoms. The molecule has 23 heavy (non-hydrogen) atoms. The summed E-state index contributed by atoms with van der Waals surface area (Å²) in [5.74, 6) is 0.220. The maximum atomic E-state index is 12.7. The number of hydrogen-bond acceptors (Lipinski definition) is 5. The van der Waals surface area contributed by atoms with E-state index < -0.39 is 17.6 Å². The maximum absolute atomic E-state index is 12.7. The van der Waals surface area contributed by atoms with Crippen LogP contribution in [0.1, 0.15) is 32.7 Å². The lowest BCUT2D eigenvalue weighted by molar-refractivity contribution is 0.0516. The summed E-state index contributed by atoms with van der Waals surface area (Å²) in [5.41, 5.74) is 2.55. The van der Waals surface area contributed by atoms with Crippen LogP contribution >= 0.6 is 0 Å². The topological polar surface area (TPSA) is 87.4 Å². The van der Waals surface area contributed by atoms with E-state index in [4.69, 9.17) is 0 Å². The normalized spacial score (nSPS) is 14.5. The van der Waals surface area contributed by atoms with Gasteiger partial charge in [-0.25, -0.2) is 9.66 Å². The van der Waals surface area contributed by atoms with E-state index in [-0.39, 0.29) is 17.9 Å². The predicted molar refractivity (Wildman–Crippen MR) is 90.8 cm³/mol. The highest BCUT2D eigenvalue weighted by Crippen LogP contribution is 2.31. The Kier molecular flexibility index (Phi) is 4.87. The zero-order chi connectivity index (χ0) is 17.2. The van der Waals surface area contributed by atoms with Gasteiger partial charge in [0.05, 0.1) is 23.6 Å². The van der Waals surface area contributed by atoms with Crippen LogP contribution in [-0.4, -0.2) is 32.5 Å². The molecule has 0 amide bonds. The van der Waals surface area contributed by atoms with Gasteiger partial charge in [-0.05, 0) is 17.5 Å². The molecule has 0 aliphatic rings. The number of hydrogen-bond donors (Lipinski definition) is 3. The standard InChI is InChI=1S/C17H23N3O3/c1-5-11(21)10-18-20-15(14(22)17(2,3)4)19-13-9-7-6-8-12(13)16(20)23/h5-9,11,14,18,21-22H,1,10H2,2-4H3/t11-,14-/m1/s1. The Bertz CT molecular complexity index is 762. The molecular weight excluding hydrogens is 294 g/mol. The van der Waals surface area contributed by atoms with Gasteiger partial charge < -0.3 is 15.6 Å². The second kappa shape index (κ2) is 6.52. The van der Waals surface area contributed by atoms with Crippen molar-refractivity contribution >= 4 is 10.9 Å². The van der Waals surface area contributed by atoms with Gasteiger partial charge in [0.25, 0.3) is 5.56 Å². The summed E-state index contributed by atoms with van der Waals surface area (Å²) in [6, 6.07) is 6.97. The van der Waals surface area contributed by atoms with Crippen LogP contribution in [0.15, 0.2) is 41.7 Å². The Morgan fingerprint density at radius 1 is 1.35 bits per heavy atom. The monoisotopic (exact) mass is 317 g/mol. The first-order valence-corrected chi connectivity index (χ1v) is 7.50. The zero-order valence-electron chi connectivity index (χ0n) is 13.7. The van der Waals surface area contributed by atoms with Gasteiger partial charge in [-0.15, -0.1) is 6.58 Å². The van der Waals surface area contributed by atoms with Gasteiger partial charge in [-0.3, -0.25) is 4.79 Å². The Labute approximate surface area is 135 Å². The third-order valence-electron chi connectivity index (χ3n) is 3.60. The van der Waals surface area contributed by atoms with E-state index in [9.17, 15) is 15.0 Å². The molecule has 0 saturated carbocycles. The van der Waals surface area contributed by atoms with Crippen molar-refractivity contribution in [1.29, 1.82) is 0 Å². The van der Waals surface area contributed by atoms with E-state index in [0.29, 0.717) is 10.9 Å². The van der Waals surface area contributed by atoms with Crippen molar-refractivity contribution in [3.05, 3.63) is 53.1 Å². The van der Waals surface area contributed by atoms with Crippen molar-refractivity contribution in [2.24, 2.45) is 5.41 Å². The van der Waals surface area contributed by atoms with Crippen LogP contribution in [-0.2, 0) is 0 Å². The fourth-order valence-corrected chi connectivity index (χ4v) is 2.14. The van der Waals surface area contributed by atoms with Crippen LogP contribution in [0.2, 0.25) is 0 Å². The molecule has 0 radical (unpaired) electrons. The summed E-state index contributed by atoms with van der Waals surface area (Å²) in [6.45, 7) is 9.18. The Morgan fingerprint density at radius 2 is 2.00 bits per heavy atom. The van der Waals surface area contributed by atoms with Crippen LogP contribution in [0, 0.1) is 5.41 Å². The fraction of sp³-hybridized carbons (Fsp3) is 0.412. The van der Waals surface area contributed by atoms with Gasteiger partial charge in [0.2, 0.25) is 0 Å². The minimum atomic E-state index is -0.951. The highest BCUT2D eigenvalue weighted by atomic mass is 16.3. The van der Waals surface area contributed by atoms with Crippen LogP contribution in [0.25, 0.3) is 10.9 Å². The van der Waals surface area contributed by atoms with E-state index in [0.717, 1.165) is 0 Å². The molecule has 1 heterocycles. The van der Waals surface area contributed by atoms with Crippen LogP contribution in [0.4, 0.5) is 0 Å². The molecule has 0 fully saturated rings. The largest absolute Gasteiger partial charge is 0.387 e. The van der Waals surface area contributed by atoms with E-state index in [1.54, 1.807) is 24.3 Å². The Morgan fingerprint density at radius 3 is 2.61 bits per heavy atom. The quantitative estimate of drug-likeness (QED) is 0.729. The molecular formula is C17H23N3O3. The molecule has 2 aromatic rings. The molecule has 1 aromatic heterocycles. The number of benzene rings is 1. The molecule has 0 unspecified atom stereocenters. The summed E-state index contributed by atoms with van der Waals surface area (Å²) in [6.07, 6.45) is -0.395. The SMILES string of the molecule is C=C[C@@H](O)CNn1c([C@@H](O)C(C)(C)C)nc2ccccc2c1=O. The second-order valence-electron chi connectivity index (χ2n) is 6.56. The number of nitrogens with zero attached hydrogens (tertiary/aromatic N) is 2. The molecule has 124 valence electrons. The maximum Gasteiger partial charge on any atom is 0.280 e. The number of aliphatic hydroxyl groups is 2. The number of aromatic nitrogens is 2. The molecule has 0 spiro atoms. The van der Waals surface area contributed by atoms with Crippen molar-refractivity contribution in [3.8, 4) is 0 Å². The molecule has 0 saturated heterocycles. The molecule has 0 bridgehead atoms. The second-order valence-corrected chi connectivity index (χ2v) is 6.56. The molecule has 2 rings (SSSR count). The van der Waals surface area contributed by atoms with Crippen molar-refractivity contribution < 1.29 is 10.2 Å². The lowest BCUT2D eigenvalue weighted by Gasteiger charge is -2.28. The minimum absolute atomic E-state index is 0.0906. The smallest absolute Gasteiger partial charge is 0.280 e. The first kappa shape index (κ1) is 17.2. The van der Waals surface area contributed by atoms with E-state index in [2.05, 4.69) is 17.0 Å². The van der Waals surface area contributed by atoms with Crippen molar-refractivity contribution in [3.63, 3.8) is 0 Å². The van der Waals surface area contributed by atoms with Gasteiger partial charge in [0.15, 0.2) is 5.82 Å². The number of para-hydroxylation sites is 1. The van der Waals surface area contributed by atoms with E-state index in [1.807, 2.05) is 20.8 Å². The predicted octanol–water partition coefficient (Wildman–Crippen LogP) is 1.57. The fourth-order valence-electron chi connectivity index (χ4n) is 2.14. The number of aliphatic hydroxyl groups excluding tert-OH is 2. The van der Waals surface area contributed by atoms with E-state index in [1.165, 1.54) is 10.8 Å². The third kappa shape index (κ3) is 3.60. The lowest BCUT2D eigenvalue weighted by atomic mass is 9.88. The highest BCUT2D eigenvalue weighted by molar-refractivity contribution is 5.77. The first-order valence-electron chi connectivity index (χ1n) is 7.50. The lowest BCUT2D eigenvalue weighted by Crippen LogP contribution is -2.39. The number of nitrogens with one attached hydrogen (secondary N) is 1.